The Morgan fingerprint density at radius 1 is 1.40 bits per heavy atom. The van der Waals surface area contributed by atoms with E-state index in [1.54, 1.807) is 6.07 Å². The van der Waals surface area contributed by atoms with Crippen LogP contribution in [-0.4, -0.2) is 23.9 Å². The summed E-state index contributed by atoms with van der Waals surface area (Å²) < 4.78 is 0. The van der Waals surface area contributed by atoms with E-state index < -0.39 is 5.41 Å². The fourth-order valence-corrected chi connectivity index (χ4v) is 2.86. The number of carbonyl (C=O) groups is 1. The average Bonchev–Trinajstić information content (AvgIpc) is 2.90. The van der Waals surface area contributed by atoms with Crippen molar-refractivity contribution in [1.82, 2.24) is 4.90 Å². The normalized spacial score (nSPS) is 19.4. The van der Waals surface area contributed by atoms with Crippen molar-refractivity contribution in [3.8, 4) is 0 Å². The van der Waals surface area contributed by atoms with E-state index in [0.717, 1.165) is 24.9 Å². The van der Waals surface area contributed by atoms with Gasteiger partial charge >= 0.3 is 0 Å². The third-order valence-electron chi connectivity index (χ3n) is 3.93. The number of nitrogens with two attached hydrogens (primary N) is 1. The van der Waals surface area contributed by atoms with E-state index in [4.69, 9.17) is 28.9 Å². The first kappa shape index (κ1) is 15.6. The van der Waals surface area contributed by atoms with Crippen molar-refractivity contribution in [3.63, 3.8) is 0 Å². The van der Waals surface area contributed by atoms with Gasteiger partial charge < -0.3 is 10.6 Å². The molecule has 2 N–H and O–H groups in total. The molecular weight excluding hydrogens is 295 g/mol. The Bertz CT molecular complexity index is 517. The highest BCUT2D eigenvalue weighted by Gasteiger charge is 2.37. The second-order valence-corrected chi connectivity index (χ2v) is 6.73. The van der Waals surface area contributed by atoms with E-state index in [0.29, 0.717) is 16.6 Å². The smallest absolute Gasteiger partial charge is 0.230 e. The molecule has 0 aliphatic carbocycles. The zero-order valence-electron chi connectivity index (χ0n) is 11.8. The number of amides is 1. The Morgan fingerprint density at radius 3 is 2.70 bits per heavy atom. The summed E-state index contributed by atoms with van der Waals surface area (Å²) in [4.78, 5) is 14.5. The SMILES string of the molecule is CC(C)(CN)C(=O)N1CCCC1c1ccc(Cl)c(Cl)c1. The first-order valence-electron chi connectivity index (χ1n) is 6.83. The molecule has 1 fully saturated rings. The molecule has 0 saturated carbocycles. The van der Waals surface area contributed by atoms with Gasteiger partial charge in [-0.1, -0.05) is 29.3 Å². The molecule has 0 spiro atoms. The minimum absolute atomic E-state index is 0.0723. The van der Waals surface area contributed by atoms with Crippen molar-refractivity contribution >= 4 is 29.1 Å². The molecule has 1 atom stereocenters. The second-order valence-electron chi connectivity index (χ2n) is 5.92. The summed E-state index contributed by atoms with van der Waals surface area (Å²) in [5, 5.41) is 1.06. The van der Waals surface area contributed by atoms with Gasteiger partial charge in [0.25, 0.3) is 0 Å². The van der Waals surface area contributed by atoms with Crippen LogP contribution < -0.4 is 5.73 Å². The van der Waals surface area contributed by atoms with Crippen LogP contribution in [0.2, 0.25) is 10.0 Å². The average molecular weight is 315 g/mol. The highest BCUT2D eigenvalue weighted by atomic mass is 35.5. The van der Waals surface area contributed by atoms with Crippen LogP contribution in [0.25, 0.3) is 0 Å². The van der Waals surface area contributed by atoms with Crippen LogP contribution >= 0.6 is 23.2 Å². The van der Waals surface area contributed by atoms with Crippen molar-refractivity contribution in [2.24, 2.45) is 11.1 Å². The number of nitrogens with zero attached hydrogens (tertiary/aromatic N) is 1. The Morgan fingerprint density at radius 2 is 2.10 bits per heavy atom. The molecule has 1 heterocycles. The zero-order chi connectivity index (χ0) is 14.9. The lowest BCUT2D eigenvalue weighted by Crippen LogP contribution is -2.44. The van der Waals surface area contributed by atoms with Crippen molar-refractivity contribution in [3.05, 3.63) is 33.8 Å². The number of halogens is 2. The minimum Gasteiger partial charge on any atom is -0.335 e. The van der Waals surface area contributed by atoms with E-state index in [1.165, 1.54) is 0 Å². The van der Waals surface area contributed by atoms with Gasteiger partial charge in [0.05, 0.1) is 21.5 Å². The fraction of sp³-hybridized carbons (Fsp3) is 0.533. The van der Waals surface area contributed by atoms with Crippen molar-refractivity contribution in [2.75, 3.05) is 13.1 Å². The molecule has 0 radical (unpaired) electrons. The number of benzene rings is 1. The van der Waals surface area contributed by atoms with E-state index in [-0.39, 0.29) is 11.9 Å². The van der Waals surface area contributed by atoms with Gasteiger partial charge in [-0.25, -0.2) is 0 Å². The zero-order valence-corrected chi connectivity index (χ0v) is 13.3. The summed E-state index contributed by atoms with van der Waals surface area (Å²) >= 11 is 12.0. The third-order valence-corrected chi connectivity index (χ3v) is 4.67. The van der Waals surface area contributed by atoms with E-state index in [9.17, 15) is 4.79 Å². The molecule has 2 rings (SSSR count). The number of hydrogen-bond acceptors (Lipinski definition) is 2. The molecule has 1 unspecified atom stereocenters. The van der Waals surface area contributed by atoms with Crippen molar-refractivity contribution in [1.29, 1.82) is 0 Å². The number of carbonyl (C=O) groups excluding carboxylic acids is 1. The lowest BCUT2D eigenvalue weighted by molar-refractivity contribution is -0.140. The van der Waals surface area contributed by atoms with Gasteiger partial charge in [0.1, 0.15) is 0 Å². The molecule has 1 aromatic carbocycles. The summed E-state index contributed by atoms with van der Waals surface area (Å²) in [7, 11) is 0. The summed E-state index contributed by atoms with van der Waals surface area (Å²) in [5.41, 5.74) is 6.23. The van der Waals surface area contributed by atoms with Crippen LogP contribution in [0.15, 0.2) is 18.2 Å². The van der Waals surface area contributed by atoms with Crippen LogP contribution in [0.3, 0.4) is 0 Å². The molecule has 5 heteroatoms. The molecule has 1 aliphatic heterocycles. The second kappa shape index (κ2) is 5.92. The lowest BCUT2D eigenvalue weighted by Gasteiger charge is -2.32. The predicted octanol–water partition coefficient (Wildman–Crippen LogP) is 3.64. The topological polar surface area (TPSA) is 46.3 Å². The molecule has 110 valence electrons. The Hall–Kier alpha value is -0.770. The highest BCUT2D eigenvalue weighted by Crippen LogP contribution is 2.37. The molecule has 20 heavy (non-hydrogen) atoms. The van der Waals surface area contributed by atoms with Gasteiger partial charge in [0.15, 0.2) is 0 Å². The fourth-order valence-electron chi connectivity index (χ4n) is 2.55. The van der Waals surface area contributed by atoms with Crippen LogP contribution in [-0.2, 0) is 4.79 Å². The predicted molar refractivity (Wildman–Crippen MR) is 83.0 cm³/mol. The minimum atomic E-state index is -0.529. The van der Waals surface area contributed by atoms with E-state index in [2.05, 4.69) is 0 Å². The Kier molecular flexibility index (Phi) is 4.62. The van der Waals surface area contributed by atoms with Gasteiger partial charge in [-0.2, -0.15) is 0 Å². The molecule has 1 saturated heterocycles. The van der Waals surface area contributed by atoms with Crippen LogP contribution in [0.5, 0.6) is 0 Å². The van der Waals surface area contributed by atoms with Crippen LogP contribution in [0, 0.1) is 5.41 Å². The Labute approximate surface area is 130 Å². The maximum atomic E-state index is 12.6. The lowest BCUT2D eigenvalue weighted by atomic mass is 9.91. The summed E-state index contributed by atoms with van der Waals surface area (Å²) in [6, 6.07) is 5.66. The maximum Gasteiger partial charge on any atom is 0.230 e. The van der Waals surface area contributed by atoms with Crippen molar-refractivity contribution in [2.45, 2.75) is 32.7 Å². The molecular formula is C15H20Cl2N2O. The van der Waals surface area contributed by atoms with E-state index in [1.807, 2.05) is 30.9 Å². The van der Waals surface area contributed by atoms with Gasteiger partial charge in [-0.3, -0.25) is 4.79 Å². The van der Waals surface area contributed by atoms with Crippen LogP contribution in [0.1, 0.15) is 38.3 Å². The van der Waals surface area contributed by atoms with Gasteiger partial charge in [-0.05, 0) is 44.4 Å². The maximum absolute atomic E-state index is 12.6. The summed E-state index contributed by atoms with van der Waals surface area (Å²) in [6.07, 6.45) is 1.95. The quantitative estimate of drug-likeness (QED) is 0.925. The van der Waals surface area contributed by atoms with Gasteiger partial charge in [0, 0.05) is 13.1 Å². The summed E-state index contributed by atoms with van der Waals surface area (Å²) in [6.45, 7) is 4.89. The number of rotatable bonds is 3. The number of likely N-dealkylation sites (tertiary alicyclic amines) is 1. The first-order valence-corrected chi connectivity index (χ1v) is 7.58. The molecule has 0 aromatic heterocycles. The molecule has 1 aliphatic rings. The molecule has 0 bridgehead atoms. The van der Waals surface area contributed by atoms with Gasteiger partial charge in [0.2, 0.25) is 5.91 Å². The Balaban J connectivity index is 2.27. The van der Waals surface area contributed by atoms with Gasteiger partial charge in [-0.15, -0.1) is 0 Å². The van der Waals surface area contributed by atoms with Crippen molar-refractivity contribution < 1.29 is 4.79 Å². The summed E-state index contributed by atoms with van der Waals surface area (Å²) in [5.74, 6) is 0.105. The first-order chi connectivity index (χ1) is 9.36. The highest BCUT2D eigenvalue weighted by molar-refractivity contribution is 6.42. The van der Waals surface area contributed by atoms with E-state index >= 15 is 0 Å². The van der Waals surface area contributed by atoms with Crippen LogP contribution in [0.4, 0.5) is 0 Å². The molecule has 1 amide bonds. The largest absolute Gasteiger partial charge is 0.335 e. The third kappa shape index (κ3) is 2.95. The molecule has 3 nitrogen and oxygen atoms in total. The molecule has 1 aromatic rings. The number of hydrogen-bond donors (Lipinski definition) is 1. The monoisotopic (exact) mass is 314 g/mol. The standard InChI is InChI=1S/C15H20Cl2N2O/c1-15(2,9-18)14(20)19-7-3-4-13(19)10-5-6-11(16)12(17)8-10/h5-6,8,13H,3-4,7,9,18H2,1-2H3.